The van der Waals surface area contributed by atoms with E-state index in [1.54, 1.807) is 0 Å². The van der Waals surface area contributed by atoms with Crippen molar-refractivity contribution in [2.75, 3.05) is 19.6 Å². The van der Waals surface area contributed by atoms with Gasteiger partial charge in [-0.2, -0.15) is 0 Å². The predicted molar refractivity (Wildman–Crippen MR) is 87.0 cm³/mol. The molecule has 0 spiro atoms. The van der Waals surface area contributed by atoms with Crippen LogP contribution in [0.5, 0.6) is 0 Å². The van der Waals surface area contributed by atoms with E-state index in [0.29, 0.717) is 24.3 Å². The number of nitrogens with one attached hydrogen (secondary N) is 1. The molecular weight excluding hydrogens is 262 g/mol. The first-order valence-corrected chi connectivity index (χ1v) is 8.83. The SMILES string of the molecule is CC(C)C(CCN)CCC(=O)NC1CCN(C2CC2)CC1. The Hall–Kier alpha value is -0.610. The maximum atomic E-state index is 12.1. The van der Waals surface area contributed by atoms with Crippen LogP contribution in [0.25, 0.3) is 0 Å². The van der Waals surface area contributed by atoms with E-state index in [0.717, 1.165) is 51.4 Å². The number of hydrogen-bond acceptors (Lipinski definition) is 3. The average molecular weight is 295 g/mol. The number of nitrogens with zero attached hydrogens (tertiary/aromatic N) is 1. The topological polar surface area (TPSA) is 58.4 Å². The molecule has 2 rings (SSSR count). The van der Waals surface area contributed by atoms with Gasteiger partial charge in [0.2, 0.25) is 5.91 Å². The van der Waals surface area contributed by atoms with Crippen LogP contribution in [-0.2, 0) is 4.79 Å². The Labute approximate surface area is 129 Å². The van der Waals surface area contributed by atoms with Gasteiger partial charge in [-0.15, -0.1) is 0 Å². The van der Waals surface area contributed by atoms with Gasteiger partial charge in [0.25, 0.3) is 0 Å². The molecule has 1 amide bonds. The maximum Gasteiger partial charge on any atom is 0.220 e. The van der Waals surface area contributed by atoms with Crippen LogP contribution in [0.3, 0.4) is 0 Å². The molecule has 1 unspecified atom stereocenters. The summed E-state index contributed by atoms with van der Waals surface area (Å²) in [5, 5.41) is 3.24. The van der Waals surface area contributed by atoms with Crippen molar-refractivity contribution in [3.63, 3.8) is 0 Å². The van der Waals surface area contributed by atoms with Crippen molar-refractivity contribution < 1.29 is 4.79 Å². The van der Waals surface area contributed by atoms with Crippen LogP contribution < -0.4 is 11.1 Å². The van der Waals surface area contributed by atoms with E-state index in [1.807, 2.05) is 0 Å². The van der Waals surface area contributed by atoms with Crippen molar-refractivity contribution >= 4 is 5.91 Å². The summed E-state index contributed by atoms with van der Waals surface area (Å²) in [5.74, 6) is 1.43. The highest BCUT2D eigenvalue weighted by molar-refractivity contribution is 5.76. The molecule has 3 N–H and O–H groups in total. The third-order valence-corrected chi connectivity index (χ3v) is 5.18. The van der Waals surface area contributed by atoms with E-state index in [4.69, 9.17) is 5.73 Å². The lowest BCUT2D eigenvalue weighted by atomic mass is 9.88. The first-order chi connectivity index (χ1) is 10.1. The maximum absolute atomic E-state index is 12.1. The summed E-state index contributed by atoms with van der Waals surface area (Å²) in [6.45, 7) is 7.51. The quantitative estimate of drug-likeness (QED) is 0.721. The molecule has 0 aromatic rings. The minimum atomic E-state index is 0.238. The highest BCUT2D eigenvalue weighted by Crippen LogP contribution is 2.29. The van der Waals surface area contributed by atoms with Crippen LogP contribution in [0.2, 0.25) is 0 Å². The van der Waals surface area contributed by atoms with Crippen molar-refractivity contribution in [1.29, 1.82) is 0 Å². The zero-order valence-electron chi connectivity index (χ0n) is 13.8. The van der Waals surface area contributed by atoms with E-state index < -0.39 is 0 Å². The molecule has 0 aromatic carbocycles. The molecule has 4 heteroatoms. The molecule has 1 aliphatic carbocycles. The number of nitrogens with two attached hydrogens (primary N) is 1. The standard InChI is InChI=1S/C17H33N3O/c1-13(2)14(7-10-18)3-6-17(21)19-15-8-11-20(12-9-15)16-4-5-16/h13-16H,3-12,18H2,1-2H3,(H,19,21). The second-order valence-electron chi connectivity index (χ2n) is 7.23. The molecule has 1 atom stereocenters. The molecule has 2 aliphatic rings. The third-order valence-electron chi connectivity index (χ3n) is 5.18. The molecule has 122 valence electrons. The van der Waals surface area contributed by atoms with Crippen molar-refractivity contribution in [2.24, 2.45) is 17.6 Å². The normalized spacial score (nSPS) is 22.5. The molecule has 4 nitrogen and oxygen atoms in total. The van der Waals surface area contributed by atoms with E-state index >= 15 is 0 Å². The Morgan fingerprint density at radius 3 is 2.38 bits per heavy atom. The van der Waals surface area contributed by atoms with Crippen LogP contribution in [0.4, 0.5) is 0 Å². The van der Waals surface area contributed by atoms with Crippen molar-refractivity contribution in [1.82, 2.24) is 10.2 Å². The van der Waals surface area contributed by atoms with E-state index in [1.165, 1.54) is 12.8 Å². The van der Waals surface area contributed by atoms with Gasteiger partial charge in [0, 0.05) is 31.6 Å². The Balaban J connectivity index is 1.62. The van der Waals surface area contributed by atoms with Gasteiger partial charge < -0.3 is 16.0 Å². The number of likely N-dealkylation sites (tertiary alicyclic amines) is 1. The van der Waals surface area contributed by atoms with Gasteiger partial charge in [-0.3, -0.25) is 4.79 Å². The number of carbonyl (C=O) groups is 1. The molecule has 1 heterocycles. The van der Waals surface area contributed by atoms with Gasteiger partial charge in [-0.25, -0.2) is 0 Å². The second-order valence-corrected chi connectivity index (χ2v) is 7.23. The Bertz CT molecular complexity index is 320. The number of piperidine rings is 1. The highest BCUT2D eigenvalue weighted by Gasteiger charge is 2.32. The molecule has 0 bridgehead atoms. The minimum absolute atomic E-state index is 0.238. The van der Waals surface area contributed by atoms with E-state index in [-0.39, 0.29) is 5.91 Å². The summed E-state index contributed by atoms with van der Waals surface area (Å²) in [4.78, 5) is 14.7. The van der Waals surface area contributed by atoms with Gasteiger partial charge in [0.1, 0.15) is 0 Å². The van der Waals surface area contributed by atoms with Crippen molar-refractivity contribution in [3.8, 4) is 0 Å². The van der Waals surface area contributed by atoms with Gasteiger partial charge in [0.05, 0.1) is 0 Å². The molecule has 2 fully saturated rings. The zero-order valence-corrected chi connectivity index (χ0v) is 13.8. The van der Waals surface area contributed by atoms with Crippen LogP contribution in [0.1, 0.15) is 58.8 Å². The Morgan fingerprint density at radius 2 is 1.86 bits per heavy atom. The Kier molecular flexibility index (Phi) is 6.49. The summed E-state index contributed by atoms with van der Waals surface area (Å²) in [7, 11) is 0. The fraction of sp³-hybridized carbons (Fsp3) is 0.941. The lowest BCUT2D eigenvalue weighted by Gasteiger charge is -2.32. The third kappa shape index (κ3) is 5.59. The van der Waals surface area contributed by atoms with Gasteiger partial charge in [-0.1, -0.05) is 13.8 Å². The number of carbonyl (C=O) groups excluding carboxylic acids is 1. The molecule has 0 aromatic heterocycles. The molecule has 1 saturated carbocycles. The molecule has 1 aliphatic heterocycles. The van der Waals surface area contributed by atoms with Gasteiger partial charge >= 0.3 is 0 Å². The Morgan fingerprint density at radius 1 is 1.19 bits per heavy atom. The minimum Gasteiger partial charge on any atom is -0.353 e. The summed E-state index contributed by atoms with van der Waals surface area (Å²) < 4.78 is 0. The summed E-state index contributed by atoms with van der Waals surface area (Å²) in [6, 6.07) is 1.27. The van der Waals surface area contributed by atoms with Crippen molar-refractivity contribution in [2.45, 2.75) is 70.9 Å². The van der Waals surface area contributed by atoms with Crippen LogP contribution in [-0.4, -0.2) is 42.5 Å². The smallest absolute Gasteiger partial charge is 0.220 e. The first kappa shape index (κ1) is 16.8. The molecule has 21 heavy (non-hydrogen) atoms. The monoisotopic (exact) mass is 295 g/mol. The number of rotatable bonds is 8. The summed E-state index contributed by atoms with van der Waals surface area (Å²) >= 11 is 0. The van der Waals surface area contributed by atoms with Gasteiger partial charge in [-0.05, 0) is 56.9 Å². The van der Waals surface area contributed by atoms with Crippen LogP contribution in [0.15, 0.2) is 0 Å². The summed E-state index contributed by atoms with van der Waals surface area (Å²) in [6.07, 6.45) is 7.68. The first-order valence-electron chi connectivity index (χ1n) is 8.83. The fourth-order valence-corrected chi connectivity index (χ4v) is 3.49. The average Bonchev–Trinajstić information content (AvgIpc) is 3.28. The molecule has 0 radical (unpaired) electrons. The zero-order chi connectivity index (χ0) is 15.2. The largest absolute Gasteiger partial charge is 0.353 e. The summed E-state index contributed by atoms with van der Waals surface area (Å²) in [5.41, 5.74) is 5.66. The van der Waals surface area contributed by atoms with E-state index in [9.17, 15) is 4.79 Å². The second kappa shape index (κ2) is 8.14. The lowest BCUT2D eigenvalue weighted by Crippen LogP contribution is -2.45. The lowest BCUT2D eigenvalue weighted by molar-refractivity contribution is -0.122. The molecular formula is C17H33N3O. The van der Waals surface area contributed by atoms with Crippen molar-refractivity contribution in [3.05, 3.63) is 0 Å². The number of hydrogen-bond donors (Lipinski definition) is 2. The molecule has 1 saturated heterocycles. The van der Waals surface area contributed by atoms with Crippen LogP contribution in [0, 0.1) is 11.8 Å². The predicted octanol–water partition coefficient (Wildman–Crippen LogP) is 2.13. The fourth-order valence-electron chi connectivity index (χ4n) is 3.49. The van der Waals surface area contributed by atoms with E-state index in [2.05, 4.69) is 24.1 Å². The van der Waals surface area contributed by atoms with Crippen LogP contribution >= 0.6 is 0 Å². The highest BCUT2D eigenvalue weighted by atomic mass is 16.1. The number of amides is 1. The van der Waals surface area contributed by atoms with Gasteiger partial charge in [0.15, 0.2) is 0 Å².